The molecule has 1 aromatic heterocycles. The first-order chi connectivity index (χ1) is 8.35. The Balaban J connectivity index is 2.19. The van der Waals surface area contributed by atoms with E-state index in [1.807, 2.05) is 12.1 Å². The average molecular weight is 229 g/mol. The molecule has 2 rings (SSSR count). The lowest BCUT2D eigenvalue weighted by Gasteiger charge is -2.30. The molecule has 1 aliphatic rings. The topological polar surface area (TPSA) is 39.9 Å². The summed E-state index contributed by atoms with van der Waals surface area (Å²) in [5, 5.41) is 8.78. The Morgan fingerprint density at radius 1 is 1.41 bits per heavy atom. The highest BCUT2D eigenvalue weighted by atomic mass is 15.2. The van der Waals surface area contributed by atoms with Gasteiger partial charge in [-0.2, -0.15) is 5.26 Å². The summed E-state index contributed by atoms with van der Waals surface area (Å²) in [5.74, 6) is 1.03. The molecule has 0 amide bonds. The van der Waals surface area contributed by atoms with Crippen LogP contribution in [0.2, 0.25) is 0 Å². The lowest BCUT2D eigenvalue weighted by molar-refractivity contribution is 0.552. The lowest BCUT2D eigenvalue weighted by atomic mass is 10.1. The molecular weight excluding hydrogens is 210 g/mol. The van der Waals surface area contributed by atoms with E-state index in [2.05, 4.69) is 22.9 Å². The molecule has 0 N–H and O–H groups in total. The highest BCUT2D eigenvalue weighted by molar-refractivity contribution is 5.43. The third kappa shape index (κ3) is 2.76. The zero-order chi connectivity index (χ0) is 12.1. The summed E-state index contributed by atoms with van der Waals surface area (Å²) in [6, 6.07) is 6.56. The van der Waals surface area contributed by atoms with Crippen molar-refractivity contribution in [2.24, 2.45) is 0 Å². The average Bonchev–Trinajstić information content (AvgIpc) is 2.64. The van der Waals surface area contributed by atoms with E-state index in [1.54, 1.807) is 6.20 Å². The van der Waals surface area contributed by atoms with Gasteiger partial charge in [0.15, 0.2) is 0 Å². The number of nitriles is 1. The summed E-state index contributed by atoms with van der Waals surface area (Å²) in [7, 11) is 0. The number of aromatic nitrogens is 1. The van der Waals surface area contributed by atoms with Crippen LogP contribution in [-0.4, -0.2) is 17.6 Å². The first-order valence-corrected chi connectivity index (χ1v) is 6.48. The summed E-state index contributed by atoms with van der Waals surface area (Å²) in [6.07, 6.45) is 8.00. The molecular formula is C14H19N3. The maximum absolute atomic E-state index is 8.78. The van der Waals surface area contributed by atoms with Gasteiger partial charge < -0.3 is 4.90 Å². The molecule has 1 aromatic rings. The third-order valence-electron chi connectivity index (χ3n) is 3.52. The van der Waals surface area contributed by atoms with Gasteiger partial charge in [-0.15, -0.1) is 0 Å². The van der Waals surface area contributed by atoms with Gasteiger partial charge in [-0.1, -0.05) is 19.8 Å². The zero-order valence-electron chi connectivity index (χ0n) is 10.4. The SMILES string of the molecule is CCC1CCCCCN1c1ccc(C#N)cn1. The smallest absolute Gasteiger partial charge is 0.128 e. The van der Waals surface area contributed by atoms with Crippen molar-refractivity contribution in [1.29, 1.82) is 5.26 Å². The van der Waals surface area contributed by atoms with Crippen molar-refractivity contribution < 1.29 is 0 Å². The summed E-state index contributed by atoms with van der Waals surface area (Å²) in [5.41, 5.74) is 0.636. The largest absolute Gasteiger partial charge is 0.354 e. The minimum absolute atomic E-state index is 0.609. The Morgan fingerprint density at radius 3 is 2.94 bits per heavy atom. The number of anilines is 1. The van der Waals surface area contributed by atoms with Crippen molar-refractivity contribution >= 4 is 5.82 Å². The zero-order valence-corrected chi connectivity index (χ0v) is 10.4. The van der Waals surface area contributed by atoms with Crippen LogP contribution < -0.4 is 4.90 Å². The van der Waals surface area contributed by atoms with Crippen LogP contribution in [0.3, 0.4) is 0 Å². The van der Waals surface area contributed by atoms with E-state index in [0.29, 0.717) is 11.6 Å². The predicted molar refractivity (Wildman–Crippen MR) is 68.8 cm³/mol. The molecule has 0 aromatic carbocycles. The first kappa shape index (κ1) is 11.9. The molecule has 0 spiro atoms. The number of pyridine rings is 1. The van der Waals surface area contributed by atoms with Crippen molar-refractivity contribution in [3.05, 3.63) is 23.9 Å². The highest BCUT2D eigenvalue weighted by Crippen LogP contribution is 2.24. The van der Waals surface area contributed by atoms with Crippen LogP contribution in [0.4, 0.5) is 5.82 Å². The second kappa shape index (κ2) is 5.67. The van der Waals surface area contributed by atoms with Gasteiger partial charge in [0, 0.05) is 18.8 Å². The van der Waals surface area contributed by atoms with Crippen LogP contribution in [-0.2, 0) is 0 Å². The van der Waals surface area contributed by atoms with Crippen LogP contribution in [0.1, 0.15) is 44.6 Å². The van der Waals surface area contributed by atoms with Crippen molar-refractivity contribution in [1.82, 2.24) is 4.98 Å². The third-order valence-corrected chi connectivity index (χ3v) is 3.52. The molecule has 17 heavy (non-hydrogen) atoms. The van der Waals surface area contributed by atoms with Gasteiger partial charge in [-0.25, -0.2) is 4.98 Å². The molecule has 1 aliphatic heterocycles. The molecule has 1 unspecified atom stereocenters. The molecule has 1 saturated heterocycles. The standard InChI is InChI=1S/C14H19N3/c1-2-13-6-4-3-5-9-17(13)14-8-7-12(10-15)11-16-14/h7-8,11,13H,2-6,9H2,1H3. The fourth-order valence-corrected chi connectivity index (χ4v) is 2.53. The number of hydrogen-bond acceptors (Lipinski definition) is 3. The Kier molecular flexibility index (Phi) is 3.98. The number of nitrogens with zero attached hydrogens (tertiary/aromatic N) is 3. The van der Waals surface area contributed by atoms with E-state index >= 15 is 0 Å². The van der Waals surface area contributed by atoms with Crippen LogP contribution in [0.15, 0.2) is 18.3 Å². The molecule has 1 fully saturated rings. The van der Waals surface area contributed by atoms with Crippen molar-refractivity contribution in [2.75, 3.05) is 11.4 Å². The highest BCUT2D eigenvalue weighted by Gasteiger charge is 2.20. The van der Waals surface area contributed by atoms with Crippen LogP contribution in [0.25, 0.3) is 0 Å². The molecule has 90 valence electrons. The van der Waals surface area contributed by atoms with Gasteiger partial charge >= 0.3 is 0 Å². The van der Waals surface area contributed by atoms with E-state index in [-0.39, 0.29) is 0 Å². The fourth-order valence-electron chi connectivity index (χ4n) is 2.53. The Bertz CT molecular complexity index is 391. The van der Waals surface area contributed by atoms with E-state index in [4.69, 9.17) is 5.26 Å². The summed E-state index contributed by atoms with van der Waals surface area (Å²) in [6.45, 7) is 3.34. The Hall–Kier alpha value is -1.56. The Morgan fingerprint density at radius 2 is 2.29 bits per heavy atom. The number of hydrogen-bond donors (Lipinski definition) is 0. The monoisotopic (exact) mass is 229 g/mol. The van der Waals surface area contributed by atoms with Crippen molar-refractivity contribution in [3.8, 4) is 6.07 Å². The predicted octanol–water partition coefficient (Wildman–Crippen LogP) is 3.11. The molecule has 1 atom stereocenters. The maximum atomic E-state index is 8.78. The number of rotatable bonds is 2. The van der Waals surface area contributed by atoms with Crippen molar-refractivity contribution in [2.45, 2.75) is 45.1 Å². The molecule has 0 saturated carbocycles. The van der Waals surface area contributed by atoms with E-state index < -0.39 is 0 Å². The van der Waals surface area contributed by atoms with Gasteiger partial charge in [0.05, 0.1) is 5.56 Å². The molecule has 0 radical (unpaired) electrons. The van der Waals surface area contributed by atoms with Gasteiger partial charge in [0.2, 0.25) is 0 Å². The second-order valence-corrected chi connectivity index (χ2v) is 4.62. The van der Waals surface area contributed by atoms with Crippen LogP contribution in [0, 0.1) is 11.3 Å². The quantitative estimate of drug-likeness (QED) is 0.782. The van der Waals surface area contributed by atoms with Gasteiger partial charge in [-0.05, 0) is 31.4 Å². The van der Waals surface area contributed by atoms with Gasteiger partial charge in [0.25, 0.3) is 0 Å². The van der Waals surface area contributed by atoms with E-state index in [1.165, 1.54) is 32.1 Å². The normalized spacial score (nSPS) is 20.7. The van der Waals surface area contributed by atoms with E-state index in [0.717, 1.165) is 12.4 Å². The van der Waals surface area contributed by atoms with Crippen LogP contribution in [0.5, 0.6) is 0 Å². The lowest BCUT2D eigenvalue weighted by Crippen LogP contribution is -2.34. The van der Waals surface area contributed by atoms with E-state index in [9.17, 15) is 0 Å². The van der Waals surface area contributed by atoms with Crippen LogP contribution >= 0.6 is 0 Å². The Labute approximate surface area is 103 Å². The first-order valence-electron chi connectivity index (χ1n) is 6.48. The van der Waals surface area contributed by atoms with Gasteiger partial charge in [-0.3, -0.25) is 0 Å². The fraction of sp³-hybridized carbons (Fsp3) is 0.571. The summed E-state index contributed by atoms with van der Waals surface area (Å²) >= 11 is 0. The second-order valence-electron chi connectivity index (χ2n) is 4.62. The maximum Gasteiger partial charge on any atom is 0.128 e. The molecule has 2 heterocycles. The summed E-state index contributed by atoms with van der Waals surface area (Å²) < 4.78 is 0. The van der Waals surface area contributed by atoms with Crippen molar-refractivity contribution in [3.63, 3.8) is 0 Å². The molecule has 0 bridgehead atoms. The summed E-state index contributed by atoms with van der Waals surface area (Å²) in [4.78, 5) is 6.83. The molecule has 3 nitrogen and oxygen atoms in total. The minimum Gasteiger partial charge on any atom is -0.354 e. The molecule has 3 heteroatoms. The van der Waals surface area contributed by atoms with Gasteiger partial charge in [0.1, 0.15) is 11.9 Å². The molecule has 0 aliphatic carbocycles. The minimum atomic E-state index is 0.609.